The molecule has 0 saturated heterocycles. The van der Waals surface area contributed by atoms with Crippen molar-refractivity contribution in [2.45, 2.75) is 33.4 Å². The van der Waals surface area contributed by atoms with E-state index in [0.29, 0.717) is 5.92 Å². The fourth-order valence-corrected chi connectivity index (χ4v) is 1.15. The maximum absolute atomic E-state index is 5.63. The van der Waals surface area contributed by atoms with Crippen LogP contribution >= 0.6 is 0 Å². The van der Waals surface area contributed by atoms with Gasteiger partial charge in [-0.05, 0) is 31.4 Å². The number of dihydropyridines is 1. The Bertz CT molecular complexity index is 206. The van der Waals surface area contributed by atoms with Crippen molar-refractivity contribution >= 4 is 0 Å². The van der Waals surface area contributed by atoms with Gasteiger partial charge < -0.3 is 10.1 Å². The lowest BCUT2D eigenvalue weighted by Gasteiger charge is -2.20. The number of nitrogens with one attached hydrogen (secondary N) is 1. The van der Waals surface area contributed by atoms with Crippen LogP contribution in [0.5, 0.6) is 0 Å². The molecule has 13 heavy (non-hydrogen) atoms. The summed E-state index contributed by atoms with van der Waals surface area (Å²) in [5.74, 6) is 0.712. The molecule has 0 saturated carbocycles. The Hall–Kier alpha value is -0.760. The lowest BCUT2D eigenvalue weighted by molar-refractivity contribution is 0.0611. The summed E-state index contributed by atoms with van der Waals surface area (Å²) >= 11 is 0. The minimum absolute atomic E-state index is 0.0729. The molecule has 0 radical (unpaired) electrons. The molecule has 1 aliphatic heterocycles. The molecule has 0 aromatic carbocycles. The van der Waals surface area contributed by atoms with E-state index in [-0.39, 0.29) is 6.23 Å². The molecular formula is C11H19NO. The van der Waals surface area contributed by atoms with Gasteiger partial charge in [0.2, 0.25) is 0 Å². The Morgan fingerprint density at radius 2 is 2.31 bits per heavy atom. The summed E-state index contributed by atoms with van der Waals surface area (Å²) in [6.07, 6.45) is 7.31. The maximum atomic E-state index is 5.63. The monoisotopic (exact) mass is 181 g/mol. The second kappa shape index (κ2) is 5.07. The van der Waals surface area contributed by atoms with E-state index in [1.807, 2.05) is 25.2 Å². The molecule has 1 aliphatic rings. The highest BCUT2D eigenvalue weighted by Crippen LogP contribution is 2.05. The quantitative estimate of drug-likeness (QED) is 0.719. The number of rotatable bonds is 4. The molecule has 0 amide bonds. The highest BCUT2D eigenvalue weighted by Gasteiger charge is 2.06. The number of ether oxygens (including phenoxy) is 1. The van der Waals surface area contributed by atoms with Crippen LogP contribution < -0.4 is 5.32 Å². The number of allylic oxidation sites excluding steroid dienone is 3. The zero-order chi connectivity index (χ0) is 9.68. The molecule has 0 bridgehead atoms. The second-order valence-corrected chi connectivity index (χ2v) is 3.85. The molecule has 0 spiro atoms. The predicted octanol–water partition coefficient (Wildman–Crippen LogP) is 2.44. The molecule has 74 valence electrons. The van der Waals surface area contributed by atoms with Crippen molar-refractivity contribution in [2.24, 2.45) is 5.92 Å². The van der Waals surface area contributed by atoms with Crippen LogP contribution in [0.1, 0.15) is 27.2 Å². The first-order valence-corrected chi connectivity index (χ1v) is 4.91. The van der Waals surface area contributed by atoms with Crippen LogP contribution in [-0.4, -0.2) is 12.8 Å². The van der Waals surface area contributed by atoms with Crippen molar-refractivity contribution < 1.29 is 4.74 Å². The fourth-order valence-electron chi connectivity index (χ4n) is 1.15. The molecule has 2 heteroatoms. The largest absolute Gasteiger partial charge is 0.360 e. The first-order valence-electron chi connectivity index (χ1n) is 4.91. The van der Waals surface area contributed by atoms with Crippen LogP contribution in [0.4, 0.5) is 0 Å². The molecule has 2 nitrogen and oxygen atoms in total. The highest BCUT2D eigenvalue weighted by atomic mass is 16.5. The Labute approximate surface area is 80.7 Å². The minimum atomic E-state index is 0.0729. The Kier molecular flexibility index (Phi) is 4.03. The standard InChI is InChI=1S/C11H19NO/c1-9(2)7-8-13-11-6-4-5-10(3)12-11/h4-6,9,11-12H,7-8H2,1-3H3. The number of hydrogen-bond acceptors (Lipinski definition) is 2. The van der Waals surface area contributed by atoms with Crippen LogP contribution in [0.2, 0.25) is 0 Å². The zero-order valence-corrected chi connectivity index (χ0v) is 8.71. The zero-order valence-electron chi connectivity index (χ0n) is 8.71. The summed E-state index contributed by atoms with van der Waals surface area (Å²) in [5, 5.41) is 3.24. The summed E-state index contributed by atoms with van der Waals surface area (Å²) in [6.45, 7) is 7.28. The van der Waals surface area contributed by atoms with Gasteiger partial charge in [-0.1, -0.05) is 19.9 Å². The normalized spacial score (nSPS) is 21.5. The third-order valence-electron chi connectivity index (χ3n) is 1.99. The third-order valence-corrected chi connectivity index (χ3v) is 1.99. The van der Waals surface area contributed by atoms with E-state index in [1.54, 1.807) is 0 Å². The molecule has 1 atom stereocenters. The van der Waals surface area contributed by atoms with Gasteiger partial charge in [0.1, 0.15) is 6.23 Å². The summed E-state index contributed by atoms with van der Waals surface area (Å²) in [4.78, 5) is 0. The summed E-state index contributed by atoms with van der Waals surface area (Å²) in [7, 11) is 0. The molecule has 1 rings (SSSR count). The molecule has 1 N–H and O–H groups in total. The lowest BCUT2D eigenvalue weighted by atomic mass is 10.1. The Balaban J connectivity index is 2.17. The van der Waals surface area contributed by atoms with Crippen LogP contribution in [0.15, 0.2) is 23.9 Å². The van der Waals surface area contributed by atoms with Gasteiger partial charge in [-0.2, -0.15) is 0 Å². The van der Waals surface area contributed by atoms with E-state index in [4.69, 9.17) is 4.74 Å². The van der Waals surface area contributed by atoms with E-state index in [2.05, 4.69) is 19.2 Å². The van der Waals surface area contributed by atoms with Gasteiger partial charge in [0.05, 0.1) is 0 Å². The average Bonchev–Trinajstić information content (AvgIpc) is 2.03. The van der Waals surface area contributed by atoms with Gasteiger partial charge in [0, 0.05) is 12.3 Å². The van der Waals surface area contributed by atoms with E-state index < -0.39 is 0 Å². The van der Waals surface area contributed by atoms with E-state index in [0.717, 1.165) is 18.7 Å². The lowest BCUT2D eigenvalue weighted by Crippen LogP contribution is -2.30. The molecular weight excluding hydrogens is 162 g/mol. The van der Waals surface area contributed by atoms with Gasteiger partial charge in [0.15, 0.2) is 0 Å². The molecule has 0 aliphatic carbocycles. The van der Waals surface area contributed by atoms with Gasteiger partial charge >= 0.3 is 0 Å². The van der Waals surface area contributed by atoms with Crippen molar-refractivity contribution in [1.82, 2.24) is 5.32 Å². The molecule has 1 unspecified atom stereocenters. The second-order valence-electron chi connectivity index (χ2n) is 3.85. The Morgan fingerprint density at radius 1 is 1.54 bits per heavy atom. The molecule has 0 aromatic rings. The van der Waals surface area contributed by atoms with Gasteiger partial charge in [-0.3, -0.25) is 0 Å². The van der Waals surface area contributed by atoms with Crippen molar-refractivity contribution in [2.75, 3.05) is 6.61 Å². The fraction of sp³-hybridized carbons (Fsp3) is 0.636. The van der Waals surface area contributed by atoms with Crippen LogP contribution in [0.25, 0.3) is 0 Å². The molecule has 0 fully saturated rings. The van der Waals surface area contributed by atoms with Crippen molar-refractivity contribution in [1.29, 1.82) is 0 Å². The van der Waals surface area contributed by atoms with Crippen molar-refractivity contribution in [3.05, 3.63) is 23.9 Å². The smallest absolute Gasteiger partial charge is 0.147 e. The maximum Gasteiger partial charge on any atom is 0.147 e. The highest BCUT2D eigenvalue weighted by molar-refractivity contribution is 5.16. The van der Waals surface area contributed by atoms with Crippen molar-refractivity contribution in [3.8, 4) is 0 Å². The van der Waals surface area contributed by atoms with Crippen molar-refractivity contribution in [3.63, 3.8) is 0 Å². The van der Waals surface area contributed by atoms with Crippen LogP contribution in [0, 0.1) is 5.92 Å². The minimum Gasteiger partial charge on any atom is -0.360 e. The van der Waals surface area contributed by atoms with Crippen LogP contribution in [0.3, 0.4) is 0 Å². The van der Waals surface area contributed by atoms with E-state index in [9.17, 15) is 0 Å². The van der Waals surface area contributed by atoms with Gasteiger partial charge in [-0.25, -0.2) is 0 Å². The number of hydrogen-bond donors (Lipinski definition) is 1. The third kappa shape index (κ3) is 4.13. The summed E-state index contributed by atoms with van der Waals surface area (Å²) in [5.41, 5.74) is 1.16. The van der Waals surface area contributed by atoms with Gasteiger partial charge in [0.25, 0.3) is 0 Å². The van der Waals surface area contributed by atoms with Crippen LogP contribution in [-0.2, 0) is 4.74 Å². The Morgan fingerprint density at radius 3 is 2.92 bits per heavy atom. The summed E-state index contributed by atoms with van der Waals surface area (Å²) < 4.78 is 5.63. The molecule has 0 aromatic heterocycles. The average molecular weight is 181 g/mol. The van der Waals surface area contributed by atoms with Gasteiger partial charge in [-0.15, -0.1) is 0 Å². The first kappa shape index (κ1) is 10.3. The molecule has 1 heterocycles. The topological polar surface area (TPSA) is 21.3 Å². The SMILES string of the molecule is CC1=CC=CC(OCCC(C)C)N1. The van der Waals surface area contributed by atoms with E-state index >= 15 is 0 Å². The predicted molar refractivity (Wildman–Crippen MR) is 55.2 cm³/mol. The first-order chi connectivity index (χ1) is 6.18. The van der Waals surface area contributed by atoms with E-state index in [1.165, 1.54) is 0 Å². The summed E-state index contributed by atoms with van der Waals surface area (Å²) in [6, 6.07) is 0.